The molecular formula is C10H13NO2. The highest BCUT2D eigenvalue weighted by Gasteiger charge is 2.11. The molecule has 1 rings (SSSR count). The Kier molecular flexibility index (Phi) is 3.01. The number of hydrogen-bond donors (Lipinski definition) is 1. The SMILES string of the molecule is CCC(C)c1cccc(N=O)c1O. The monoisotopic (exact) mass is 179 g/mol. The highest BCUT2D eigenvalue weighted by atomic mass is 16.3. The minimum Gasteiger partial charge on any atom is -0.505 e. The first-order valence-electron chi connectivity index (χ1n) is 4.36. The van der Waals surface area contributed by atoms with Crippen LogP contribution in [0.3, 0.4) is 0 Å². The fourth-order valence-corrected chi connectivity index (χ4v) is 1.24. The number of phenolic OH excluding ortho intramolecular Hbond substituents is 1. The van der Waals surface area contributed by atoms with E-state index in [0.717, 1.165) is 12.0 Å². The average Bonchev–Trinajstić information content (AvgIpc) is 2.17. The van der Waals surface area contributed by atoms with Crippen molar-refractivity contribution in [1.29, 1.82) is 0 Å². The van der Waals surface area contributed by atoms with E-state index in [4.69, 9.17) is 0 Å². The summed E-state index contributed by atoms with van der Waals surface area (Å²) in [5, 5.41) is 12.3. The molecule has 0 spiro atoms. The molecule has 0 saturated heterocycles. The normalized spacial score (nSPS) is 12.5. The molecule has 0 radical (unpaired) electrons. The van der Waals surface area contributed by atoms with Crippen LogP contribution in [0.2, 0.25) is 0 Å². The van der Waals surface area contributed by atoms with Crippen LogP contribution in [0.4, 0.5) is 5.69 Å². The van der Waals surface area contributed by atoms with Crippen LogP contribution in [0.15, 0.2) is 23.4 Å². The molecule has 13 heavy (non-hydrogen) atoms. The fraction of sp³-hybridized carbons (Fsp3) is 0.400. The van der Waals surface area contributed by atoms with E-state index in [-0.39, 0.29) is 17.4 Å². The highest BCUT2D eigenvalue weighted by molar-refractivity contribution is 5.55. The summed E-state index contributed by atoms with van der Waals surface area (Å²) in [6.45, 7) is 4.04. The number of para-hydroxylation sites is 1. The summed E-state index contributed by atoms with van der Waals surface area (Å²) < 4.78 is 0. The van der Waals surface area contributed by atoms with E-state index in [2.05, 4.69) is 5.18 Å². The van der Waals surface area contributed by atoms with Gasteiger partial charge in [-0.25, -0.2) is 0 Å². The summed E-state index contributed by atoms with van der Waals surface area (Å²) in [6, 6.07) is 5.06. The predicted octanol–water partition coefficient (Wildman–Crippen LogP) is 3.30. The van der Waals surface area contributed by atoms with E-state index in [1.165, 1.54) is 6.07 Å². The third-order valence-electron chi connectivity index (χ3n) is 2.29. The summed E-state index contributed by atoms with van der Waals surface area (Å²) in [6.07, 6.45) is 0.926. The van der Waals surface area contributed by atoms with Crippen molar-refractivity contribution in [2.24, 2.45) is 5.18 Å². The Balaban J connectivity index is 3.15. The second-order valence-corrected chi connectivity index (χ2v) is 3.12. The molecule has 0 aliphatic heterocycles. The lowest BCUT2D eigenvalue weighted by Crippen LogP contribution is -1.91. The van der Waals surface area contributed by atoms with Gasteiger partial charge >= 0.3 is 0 Å². The first-order valence-corrected chi connectivity index (χ1v) is 4.36. The third-order valence-corrected chi connectivity index (χ3v) is 2.29. The number of nitroso groups, excluding NO2 is 1. The molecule has 1 N–H and O–H groups in total. The minimum atomic E-state index is 0.0202. The molecule has 0 bridgehead atoms. The Morgan fingerprint density at radius 3 is 2.77 bits per heavy atom. The molecular weight excluding hydrogens is 166 g/mol. The molecule has 0 aliphatic carbocycles. The Morgan fingerprint density at radius 2 is 2.23 bits per heavy atom. The summed E-state index contributed by atoms with van der Waals surface area (Å²) in [5.41, 5.74) is 0.914. The zero-order valence-corrected chi connectivity index (χ0v) is 7.82. The van der Waals surface area contributed by atoms with E-state index in [0.29, 0.717) is 0 Å². The molecule has 1 atom stereocenters. The largest absolute Gasteiger partial charge is 0.505 e. The average molecular weight is 179 g/mol. The van der Waals surface area contributed by atoms with Crippen LogP contribution in [0.1, 0.15) is 31.7 Å². The first-order chi connectivity index (χ1) is 6.20. The molecule has 0 heterocycles. The summed E-state index contributed by atoms with van der Waals surface area (Å²) in [4.78, 5) is 10.3. The molecule has 0 aromatic heterocycles. The minimum absolute atomic E-state index is 0.0202. The Hall–Kier alpha value is -1.38. The van der Waals surface area contributed by atoms with Gasteiger partial charge in [0.15, 0.2) is 0 Å². The maximum Gasteiger partial charge on any atom is 0.149 e. The number of rotatable bonds is 3. The second kappa shape index (κ2) is 4.03. The van der Waals surface area contributed by atoms with E-state index >= 15 is 0 Å². The lowest BCUT2D eigenvalue weighted by atomic mass is 9.97. The Labute approximate surface area is 77.4 Å². The summed E-state index contributed by atoms with van der Waals surface area (Å²) >= 11 is 0. The standard InChI is InChI=1S/C10H13NO2/c1-3-7(2)8-5-4-6-9(11-13)10(8)12/h4-7,12H,3H2,1-2H3. The third kappa shape index (κ3) is 1.86. The maximum absolute atomic E-state index is 10.3. The van der Waals surface area contributed by atoms with Crippen LogP contribution >= 0.6 is 0 Å². The number of nitrogens with zero attached hydrogens (tertiary/aromatic N) is 1. The molecule has 0 amide bonds. The maximum atomic E-state index is 10.3. The number of benzene rings is 1. The smallest absolute Gasteiger partial charge is 0.149 e. The molecule has 3 heteroatoms. The van der Waals surface area contributed by atoms with Gasteiger partial charge in [-0.2, -0.15) is 0 Å². The quantitative estimate of drug-likeness (QED) is 0.723. The van der Waals surface area contributed by atoms with Crippen molar-refractivity contribution in [1.82, 2.24) is 0 Å². The molecule has 1 unspecified atom stereocenters. The van der Waals surface area contributed by atoms with Gasteiger partial charge in [0.2, 0.25) is 0 Å². The van der Waals surface area contributed by atoms with Crippen molar-refractivity contribution in [2.75, 3.05) is 0 Å². The van der Waals surface area contributed by atoms with Crippen molar-refractivity contribution in [3.05, 3.63) is 28.7 Å². The van der Waals surface area contributed by atoms with Crippen LogP contribution in [0, 0.1) is 4.91 Å². The number of aromatic hydroxyl groups is 1. The zero-order chi connectivity index (χ0) is 9.84. The van der Waals surface area contributed by atoms with Gasteiger partial charge in [0.1, 0.15) is 11.4 Å². The number of phenols is 1. The van der Waals surface area contributed by atoms with E-state index in [9.17, 15) is 10.0 Å². The van der Waals surface area contributed by atoms with Gasteiger partial charge in [0.25, 0.3) is 0 Å². The lowest BCUT2D eigenvalue weighted by Gasteiger charge is -2.10. The van der Waals surface area contributed by atoms with Crippen LogP contribution in [0.25, 0.3) is 0 Å². The van der Waals surface area contributed by atoms with Gasteiger partial charge in [-0.1, -0.05) is 26.0 Å². The Morgan fingerprint density at radius 1 is 1.54 bits per heavy atom. The molecule has 0 saturated carbocycles. The van der Waals surface area contributed by atoms with Crippen LogP contribution < -0.4 is 0 Å². The molecule has 1 aromatic rings. The van der Waals surface area contributed by atoms with Crippen molar-refractivity contribution in [3.8, 4) is 5.75 Å². The van der Waals surface area contributed by atoms with Crippen molar-refractivity contribution in [2.45, 2.75) is 26.2 Å². The zero-order valence-electron chi connectivity index (χ0n) is 7.82. The van der Waals surface area contributed by atoms with E-state index in [1.54, 1.807) is 6.07 Å². The molecule has 1 aromatic carbocycles. The van der Waals surface area contributed by atoms with Gasteiger partial charge in [0.05, 0.1) is 0 Å². The molecule has 3 nitrogen and oxygen atoms in total. The van der Waals surface area contributed by atoms with Gasteiger partial charge in [0, 0.05) is 0 Å². The van der Waals surface area contributed by atoms with Crippen molar-refractivity contribution >= 4 is 5.69 Å². The van der Waals surface area contributed by atoms with Gasteiger partial charge < -0.3 is 5.11 Å². The second-order valence-electron chi connectivity index (χ2n) is 3.12. The molecule has 0 aliphatic rings. The van der Waals surface area contributed by atoms with E-state index < -0.39 is 0 Å². The van der Waals surface area contributed by atoms with Crippen LogP contribution in [0.5, 0.6) is 5.75 Å². The fourth-order valence-electron chi connectivity index (χ4n) is 1.24. The van der Waals surface area contributed by atoms with Crippen molar-refractivity contribution < 1.29 is 5.11 Å². The van der Waals surface area contributed by atoms with Gasteiger partial charge in [-0.05, 0) is 29.1 Å². The highest BCUT2D eigenvalue weighted by Crippen LogP contribution is 2.35. The molecule has 0 fully saturated rings. The Bertz CT molecular complexity index is 310. The summed E-state index contributed by atoms with van der Waals surface area (Å²) in [5.74, 6) is 0.272. The molecule has 70 valence electrons. The van der Waals surface area contributed by atoms with Crippen molar-refractivity contribution in [3.63, 3.8) is 0 Å². The van der Waals surface area contributed by atoms with E-state index in [1.807, 2.05) is 19.9 Å². The number of hydrogen-bond acceptors (Lipinski definition) is 3. The first kappa shape index (κ1) is 9.71. The van der Waals surface area contributed by atoms with Crippen LogP contribution in [-0.2, 0) is 0 Å². The topological polar surface area (TPSA) is 49.7 Å². The van der Waals surface area contributed by atoms with Gasteiger partial charge in [-0.3, -0.25) is 0 Å². The van der Waals surface area contributed by atoms with Crippen LogP contribution in [-0.4, -0.2) is 5.11 Å². The summed E-state index contributed by atoms with van der Waals surface area (Å²) in [7, 11) is 0. The van der Waals surface area contributed by atoms with Gasteiger partial charge in [-0.15, -0.1) is 4.91 Å². The lowest BCUT2D eigenvalue weighted by molar-refractivity contribution is 0.463. The predicted molar refractivity (Wildman–Crippen MR) is 52.3 cm³/mol.